The zero-order valence-electron chi connectivity index (χ0n) is 10.5. The van der Waals surface area contributed by atoms with Crippen molar-refractivity contribution in [1.82, 2.24) is 9.97 Å². The van der Waals surface area contributed by atoms with Gasteiger partial charge in [-0.25, -0.2) is 4.98 Å². The van der Waals surface area contributed by atoms with E-state index < -0.39 is 0 Å². The molecular formula is C14H15N3O. The van der Waals surface area contributed by atoms with E-state index in [-0.39, 0.29) is 6.10 Å². The largest absolute Gasteiger partial charge is 0.489 e. The summed E-state index contributed by atoms with van der Waals surface area (Å²) in [6.07, 6.45) is 7.79. The van der Waals surface area contributed by atoms with Crippen molar-refractivity contribution in [2.45, 2.75) is 26.4 Å². The maximum atomic E-state index is 8.47. The number of fused-ring (bicyclic) bond motifs is 1. The number of H-pyrrole nitrogens is 1. The summed E-state index contributed by atoms with van der Waals surface area (Å²) in [7, 11) is 0. The smallest absolute Gasteiger partial charge is 0.138 e. The first-order chi connectivity index (χ1) is 8.70. The van der Waals surface area contributed by atoms with Crippen molar-refractivity contribution in [3.63, 3.8) is 0 Å². The van der Waals surface area contributed by atoms with Crippen LogP contribution < -0.4 is 4.74 Å². The van der Waals surface area contributed by atoms with Crippen molar-refractivity contribution in [3.05, 3.63) is 36.2 Å². The second kappa shape index (κ2) is 5.37. The Labute approximate surface area is 106 Å². The molecule has 0 spiro atoms. The molecule has 92 valence electrons. The minimum Gasteiger partial charge on any atom is -0.489 e. The fourth-order valence-corrected chi connectivity index (χ4v) is 1.78. The molecule has 0 aliphatic carbocycles. The number of allylic oxidation sites excluding steroid dienone is 2. The number of hydrogen-bond acceptors (Lipinski definition) is 3. The van der Waals surface area contributed by atoms with Crippen molar-refractivity contribution in [1.29, 1.82) is 5.26 Å². The maximum absolute atomic E-state index is 8.47. The summed E-state index contributed by atoms with van der Waals surface area (Å²) >= 11 is 0. The van der Waals surface area contributed by atoms with Gasteiger partial charge in [-0.2, -0.15) is 5.26 Å². The van der Waals surface area contributed by atoms with E-state index in [0.29, 0.717) is 6.42 Å². The van der Waals surface area contributed by atoms with Crippen LogP contribution in [0.3, 0.4) is 0 Å². The number of rotatable bonds is 4. The highest BCUT2D eigenvalue weighted by Crippen LogP contribution is 2.22. The Hall–Kier alpha value is -2.28. The predicted molar refractivity (Wildman–Crippen MR) is 70.3 cm³/mol. The molecule has 4 nitrogen and oxygen atoms in total. The van der Waals surface area contributed by atoms with Crippen molar-refractivity contribution < 1.29 is 4.74 Å². The molecule has 0 unspecified atom stereocenters. The second-order valence-corrected chi connectivity index (χ2v) is 4.28. The number of nitrogens with zero attached hydrogens (tertiary/aromatic N) is 2. The van der Waals surface area contributed by atoms with Crippen molar-refractivity contribution >= 4 is 11.0 Å². The highest BCUT2D eigenvalue weighted by molar-refractivity contribution is 5.81. The Balaban J connectivity index is 2.31. The highest BCUT2D eigenvalue weighted by Gasteiger charge is 2.06. The Morgan fingerprint density at radius 2 is 2.39 bits per heavy atom. The molecule has 0 bridgehead atoms. The third-order valence-electron chi connectivity index (χ3n) is 2.49. The molecule has 2 aromatic rings. The molecule has 0 aliphatic heterocycles. The van der Waals surface area contributed by atoms with Crippen LogP contribution in [0.1, 0.15) is 19.4 Å². The summed E-state index contributed by atoms with van der Waals surface area (Å²) in [4.78, 5) is 7.43. The average molecular weight is 241 g/mol. The average Bonchev–Trinajstić information content (AvgIpc) is 2.72. The van der Waals surface area contributed by atoms with Gasteiger partial charge in [-0.1, -0.05) is 6.08 Å². The number of nitrogens with one attached hydrogen (secondary N) is 1. The van der Waals surface area contributed by atoms with E-state index in [2.05, 4.69) is 9.97 Å². The van der Waals surface area contributed by atoms with Gasteiger partial charge in [0.05, 0.1) is 18.4 Å². The van der Waals surface area contributed by atoms with Gasteiger partial charge in [0.15, 0.2) is 0 Å². The van der Waals surface area contributed by atoms with Crippen LogP contribution in [0, 0.1) is 11.3 Å². The summed E-state index contributed by atoms with van der Waals surface area (Å²) in [5, 5.41) is 9.51. The lowest BCUT2D eigenvalue weighted by atomic mass is 10.1. The monoisotopic (exact) mass is 241 g/mol. The van der Waals surface area contributed by atoms with Crippen LogP contribution in [-0.4, -0.2) is 16.1 Å². The Morgan fingerprint density at radius 3 is 3.11 bits per heavy atom. The molecule has 0 saturated carbocycles. The van der Waals surface area contributed by atoms with Crippen LogP contribution in [0.25, 0.3) is 11.0 Å². The molecule has 2 aromatic heterocycles. The topological polar surface area (TPSA) is 61.7 Å². The summed E-state index contributed by atoms with van der Waals surface area (Å²) < 4.78 is 5.63. The first-order valence-electron chi connectivity index (χ1n) is 5.88. The van der Waals surface area contributed by atoms with E-state index in [1.165, 1.54) is 6.08 Å². The minimum absolute atomic E-state index is 0.130. The number of nitriles is 1. The lowest BCUT2D eigenvalue weighted by Crippen LogP contribution is -2.05. The van der Waals surface area contributed by atoms with Gasteiger partial charge in [-0.15, -0.1) is 0 Å². The zero-order valence-corrected chi connectivity index (χ0v) is 10.5. The van der Waals surface area contributed by atoms with Gasteiger partial charge in [-0.3, -0.25) is 0 Å². The van der Waals surface area contributed by atoms with Crippen molar-refractivity contribution in [3.8, 4) is 11.8 Å². The molecule has 0 saturated heterocycles. The normalized spacial score (nSPS) is 11.2. The van der Waals surface area contributed by atoms with Gasteiger partial charge in [0, 0.05) is 17.7 Å². The quantitative estimate of drug-likeness (QED) is 0.837. The molecule has 0 atom stereocenters. The number of hydrogen-bond donors (Lipinski definition) is 1. The van der Waals surface area contributed by atoms with Crippen LogP contribution in [-0.2, 0) is 6.42 Å². The molecule has 0 aromatic carbocycles. The van der Waals surface area contributed by atoms with Gasteiger partial charge < -0.3 is 9.72 Å². The van der Waals surface area contributed by atoms with Gasteiger partial charge in [-0.05, 0) is 31.9 Å². The van der Waals surface area contributed by atoms with Crippen LogP contribution in [0.15, 0.2) is 30.6 Å². The first-order valence-corrected chi connectivity index (χ1v) is 5.88. The minimum atomic E-state index is 0.130. The predicted octanol–water partition coefficient (Wildman–Crippen LogP) is 2.97. The SMILES string of the molecule is CC(C)Oc1cnc2[nH]cc(C/C=C/C#N)c2c1. The molecule has 2 heterocycles. The molecule has 0 radical (unpaired) electrons. The number of ether oxygens (including phenoxy) is 1. The van der Waals surface area contributed by atoms with E-state index in [1.54, 1.807) is 6.20 Å². The Morgan fingerprint density at radius 1 is 1.56 bits per heavy atom. The van der Waals surface area contributed by atoms with Crippen LogP contribution in [0.5, 0.6) is 5.75 Å². The first kappa shape index (κ1) is 12.2. The fraction of sp³-hybridized carbons (Fsp3) is 0.286. The molecule has 1 N–H and O–H groups in total. The third-order valence-corrected chi connectivity index (χ3v) is 2.49. The highest BCUT2D eigenvalue weighted by atomic mass is 16.5. The number of aromatic nitrogens is 2. The van der Waals surface area contributed by atoms with Crippen LogP contribution in [0.2, 0.25) is 0 Å². The Kier molecular flexibility index (Phi) is 3.63. The molecule has 2 rings (SSSR count). The lowest BCUT2D eigenvalue weighted by molar-refractivity contribution is 0.242. The molecular weight excluding hydrogens is 226 g/mol. The van der Waals surface area contributed by atoms with E-state index in [9.17, 15) is 0 Å². The van der Waals surface area contributed by atoms with Gasteiger partial charge in [0.1, 0.15) is 11.4 Å². The van der Waals surface area contributed by atoms with Gasteiger partial charge in [0.25, 0.3) is 0 Å². The third kappa shape index (κ3) is 2.69. The lowest BCUT2D eigenvalue weighted by Gasteiger charge is -2.08. The fourth-order valence-electron chi connectivity index (χ4n) is 1.78. The van der Waals surface area contributed by atoms with E-state index in [4.69, 9.17) is 10.00 Å². The number of pyridine rings is 1. The van der Waals surface area contributed by atoms with E-state index >= 15 is 0 Å². The van der Waals surface area contributed by atoms with Gasteiger partial charge in [0.2, 0.25) is 0 Å². The van der Waals surface area contributed by atoms with Crippen molar-refractivity contribution in [2.75, 3.05) is 0 Å². The molecule has 18 heavy (non-hydrogen) atoms. The summed E-state index contributed by atoms with van der Waals surface area (Å²) in [5.74, 6) is 0.766. The van der Waals surface area contributed by atoms with E-state index in [0.717, 1.165) is 22.3 Å². The molecule has 0 amide bonds. The molecule has 4 heteroatoms. The van der Waals surface area contributed by atoms with Crippen LogP contribution in [0.4, 0.5) is 0 Å². The van der Waals surface area contributed by atoms with Gasteiger partial charge >= 0.3 is 0 Å². The Bertz CT molecular complexity index is 605. The molecule has 0 fully saturated rings. The maximum Gasteiger partial charge on any atom is 0.138 e. The standard InChI is InChI=1S/C14H15N3O/c1-10(2)18-12-7-13-11(5-3-4-6-15)8-16-14(13)17-9-12/h3-4,7-10H,5H2,1-2H3,(H,16,17)/b4-3+. The van der Waals surface area contributed by atoms with Crippen LogP contribution >= 0.6 is 0 Å². The number of aromatic amines is 1. The van der Waals surface area contributed by atoms with Crippen molar-refractivity contribution in [2.24, 2.45) is 0 Å². The molecule has 0 aliphatic rings. The zero-order chi connectivity index (χ0) is 13.0. The summed E-state index contributed by atoms with van der Waals surface area (Å²) in [5.41, 5.74) is 1.95. The van der Waals surface area contributed by atoms with E-state index in [1.807, 2.05) is 38.3 Å². The second-order valence-electron chi connectivity index (χ2n) is 4.28. The summed E-state index contributed by atoms with van der Waals surface area (Å²) in [6.45, 7) is 3.97. The summed E-state index contributed by atoms with van der Waals surface area (Å²) in [6, 6.07) is 3.97.